The molecule has 7 nitrogen and oxygen atoms in total. The third kappa shape index (κ3) is 8.69. The fourth-order valence-corrected chi connectivity index (χ4v) is 6.28. The molecule has 0 amide bonds. The largest absolute Gasteiger partial charge is 0.573 e. The van der Waals surface area contributed by atoms with E-state index in [1.165, 1.54) is 24.3 Å². The molecule has 0 aromatic heterocycles. The van der Waals surface area contributed by atoms with Crippen LogP contribution in [-0.4, -0.2) is 62.4 Å². The van der Waals surface area contributed by atoms with Crippen molar-refractivity contribution >= 4 is 0 Å². The van der Waals surface area contributed by atoms with Gasteiger partial charge in [0.05, 0.1) is 0 Å². The molecule has 0 radical (unpaired) electrons. The van der Waals surface area contributed by atoms with E-state index in [-0.39, 0.29) is 6.61 Å². The second kappa shape index (κ2) is 13.9. The van der Waals surface area contributed by atoms with Crippen LogP contribution < -0.4 is 14.2 Å². The predicted octanol–water partition coefficient (Wildman–Crippen LogP) is 7.41. The van der Waals surface area contributed by atoms with Crippen molar-refractivity contribution in [1.29, 1.82) is 0 Å². The monoisotopic (exact) mass is 669 g/mol. The predicted molar refractivity (Wildman–Crippen MR) is 159 cm³/mol. The Morgan fingerprint density at radius 3 is 1.49 bits per heavy atom. The molecular formula is C34H37F6NO6. The molecule has 1 aliphatic heterocycles. The minimum Gasteiger partial charge on any atom is -0.488 e. The van der Waals surface area contributed by atoms with Gasteiger partial charge in [-0.2, -0.15) is 0 Å². The van der Waals surface area contributed by atoms with Crippen LogP contribution in [0.2, 0.25) is 0 Å². The van der Waals surface area contributed by atoms with Crippen molar-refractivity contribution in [3.8, 4) is 17.2 Å². The van der Waals surface area contributed by atoms with Crippen molar-refractivity contribution in [1.82, 2.24) is 4.90 Å². The number of methoxy groups -OCH3 is 2. The second-order valence-corrected chi connectivity index (χ2v) is 11.9. The van der Waals surface area contributed by atoms with Crippen LogP contribution in [0, 0.1) is 11.8 Å². The molecule has 256 valence electrons. The number of ether oxygens (including phenoxy) is 5. The fourth-order valence-electron chi connectivity index (χ4n) is 6.28. The van der Waals surface area contributed by atoms with Gasteiger partial charge in [0, 0.05) is 26.7 Å². The van der Waals surface area contributed by atoms with E-state index in [0.29, 0.717) is 55.3 Å². The lowest BCUT2D eigenvalue weighted by Gasteiger charge is -2.42. The number of hydrogen-bond acceptors (Lipinski definition) is 7. The molecule has 1 heterocycles. The summed E-state index contributed by atoms with van der Waals surface area (Å²) in [6, 6.07) is 17.5. The van der Waals surface area contributed by atoms with E-state index in [0.717, 1.165) is 42.7 Å². The number of hydrogen-bond donors (Lipinski definition) is 1. The van der Waals surface area contributed by atoms with Gasteiger partial charge in [0.25, 0.3) is 0 Å². The van der Waals surface area contributed by atoms with Crippen molar-refractivity contribution < 1.29 is 55.1 Å². The van der Waals surface area contributed by atoms with Crippen LogP contribution in [0.4, 0.5) is 26.3 Å². The van der Waals surface area contributed by atoms with Crippen LogP contribution in [0.15, 0.2) is 72.8 Å². The number of benzene rings is 3. The van der Waals surface area contributed by atoms with Crippen LogP contribution in [0.5, 0.6) is 17.2 Å². The highest BCUT2D eigenvalue weighted by molar-refractivity contribution is 5.42. The number of nitrogens with zero attached hydrogens (tertiary/aromatic N) is 1. The average molecular weight is 670 g/mol. The zero-order valence-corrected chi connectivity index (χ0v) is 25.9. The summed E-state index contributed by atoms with van der Waals surface area (Å²) in [4.78, 5) is 2.22. The smallest absolute Gasteiger partial charge is 0.488 e. The molecule has 0 atom stereocenters. The summed E-state index contributed by atoms with van der Waals surface area (Å²) in [5.74, 6) is -1.07. The first kappa shape index (κ1) is 34.8. The highest BCUT2D eigenvalue weighted by Crippen LogP contribution is 2.44. The van der Waals surface area contributed by atoms with Crippen LogP contribution >= 0.6 is 0 Å². The number of aliphatic hydroxyl groups is 1. The second-order valence-electron chi connectivity index (χ2n) is 11.9. The maximum absolute atomic E-state index is 12.7. The van der Waals surface area contributed by atoms with Gasteiger partial charge in [0.15, 0.2) is 0 Å². The van der Waals surface area contributed by atoms with Gasteiger partial charge in [-0.05, 0) is 97.8 Å². The first-order chi connectivity index (χ1) is 22.2. The summed E-state index contributed by atoms with van der Waals surface area (Å²) in [6.07, 6.45) is -6.69. The molecule has 0 bridgehead atoms. The van der Waals surface area contributed by atoms with Gasteiger partial charge in [-0.1, -0.05) is 36.4 Å². The van der Waals surface area contributed by atoms with Gasteiger partial charge in [-0.3, -0.25) is 4.90 Å². The third-order valence-corrected chi connectivity index (χ3v) is 8.89. The van der Waals surface area contributed by atoms with E-state index in [1.54, 1.807) is 14.2 Å². The zero-order valence-electron chi connectivity index (χ0n) is 25.9. The minimum atomic E-state index is -4.89. The Labute approximate surface area is 268 Å². The summed E-state index contributed by atoms with van der Waals surface area (Å²) in [7, 11) is 3.23. The Kier molecular flexibility index (Phi) is 10.3. The molecule has 13 heteroatoms. The van der Waals surface area contributed by atoms with E-state index in [1.807, 2.05) is 24.3 Å². The van der Waals surface area contributed by atoms with Crippen molar-refractivity contribution in [2.45, 2.75) is 56.3 Å². The molecule has 3 aromatic carbocycles. The van der Waals surface area contributed by atoms with Crippen LogP contribution in [0.3, 0.4) is 0 Å². The Balaban J connectivity index is 1.26. The SMILES string of the molecule is COC(COc1ccc(CN2CCC(C(O)(c3ccc(OC(F)(F)F)cc3)c3ccc(OC(F)(F)F)cc3)CC2)cc1)(OC)C1CC1. The molecule has 1 N–H and O–H groups in total. The van der Waals surface area contributed by atoms with Gasteiger partial charge in [0.1, 0.15) is 29.5 Å². The molecular weight excluding hydrogens is 632 g/mol. The minimum absolute atomic E-state index is 0.274. The first-order valence-electron chi connectivity index (χ1n) is 15.2. The van der Waals surface area contributed by atoms with Gasteiger partial charge < -0.3 is 28.8 Å². The van der Waals surface area contributed by atoms with Gasteiger partial charge in [-0.25, -0.2) is 0 Å². The van der Waals surface area contributed by atoms with E-state index in [4.69, 9.17) is 14.2 Å². The maximum Gasteiger partial charge on any atom is 0.573 e. The lowest BCUT2D eigenvalue weighted by molar-refractivity contribution is -0.275. The molecule has 1 saturated heterocycles. The summed E-state index contributed by atoms with van der Waals surface area (Å²) < 4.78 is 102. The summed E-state index contributed by atoms with van der Waals surface area (Å²) in [6.45, 7) is 2.11. The van der Waals surface area contributed by atoms with E-state index in [2.05, 4.69) is 14.4 Å². The molecule has 2 fully saturated rings. The van der Waals surface area contributed by atoms with Crippen LogP contribution in [0.1, 0.15) is 42.4 Å². The number of alkyl halides is 6. The molecule has 5 rings (SSSR count). The highest BCUT2D eigenvalue weighted by Gasteiger charge is 2.47. The molecule has 47 heavy (non-hydrogen) atoms. The zero-order chi connectivity index (χ0) is 33.9. The third-order valence-electron chi connectivity index (χ3n) is 8.89. The molecule has 1 aliphatic carbocycles. The van der Waals surface area contributed by atoms with Crippen molar-refractivity contribution in [3.05, 3.63) is 89.5 Å². The number of halogens is 6. The topological polar surface area (TPSA) is 69.6 Å². The normalized spacial score (nSPS) is 17.0. The molecule has 0 unspecified atom stereocenters. The molecule has 2 aliphatic rings. The van der Waals surface area contributed by atoms with Crippen LogP contribution in [0.25, 0.3) is 0 Å². The van der Waals surface area contributed by atoms with Crippen molar-refractivity contribution in [2.24, 2.45) is 11.8 Å². The molecule has 0 spiro atoms. The molecule has 3 aromatic rings. The molecule has 1 saturated carbocycles. The van der Waals surface area contributed by atoms with Crippen molar-refractivity contribution in [2.75, 3.05) is 33.9 Å². The fraction of sp³-hybridized carbons (Fsp3) is 0.471. The van der Waals surface area contributed by atoms with E-state index < -0.39 is 41.5 Å². The summed E-state index contributed by atoms with van der Waals surface area (Å²) in [5, 5.41) is 12.2. The van der Waals surface area contributed by atoms with Gasteiger partial charge in [0.2, 0.25) is 5.79 Å². The number of piperidine rings is 1. The lowest BCUT2D eigenvalue weighted by Crippen LogP contribution is -2.44. The van der Waals surface area contributed by atoms with Crippen molar-refractivity contribution in [3.63, 3.8) is 0 Å². The van der Waals surface area contributed by atoms with E-state index in [9.17, 15) is 31.4 Å². The average Bonchev–Trinajstić information content (AvgIpc) is 3.88. The van der Waals surface area contributed by atoms with Gasteiger partial charge in [-0.15, -0.1) is 26.3 Å². The van der Waals surface area contributed by atoms with Gasteiger partial charge >= 0.3 is 12.7 Å². The lowest BCUT2D eigenvalue weighted by atomic mass is 9.72. The number of rotatable bonds is 13. The van der Waals surface area contributed by atoms with E-state index >= 15 is 0 Å². The quantitative estimate of drug-likeness (QED) is 0.150. The summed E-state index contributed by atoms with van der Waals surface area (Å²) in [5.41, 5.74) is -0.0754. The standard InChI is InChI=1S/C34H37F6NO6/c1-43-31(44-2,24-5-6-24)22-45-28-11-3-23(4-12-28)21-41-19-17-27(18-20-41)32(42,25-7-13-29(14-8-25)46-33(35,36)37)26-9-15-30(16-10-26)47-34(38,39)40/h3-4,7-16,24,27,42H,5-6,17-22H2,1-2H3. The Morgan fingerprint density at radius 2 is 1.09 bits per heavy atom. The highest BCUT2D eigenvalue weighted by atomic mass is 19.4. The summed E-state index contributed by atoms with van der Waals surface area (Å²) >= 11 is 0. The first-order valence-corrected chi connectivity index (χ1v) is 15.2. The Morgan fingerprint density at radius 1 is 0.638 bits per heavy atom. The maximum atomic E-state index is 12.7. The number of likely N-dealkylation sites (tertiary alicyclic amines) is 1. The Bertz CT molecular complexity index is 1370. The Hall–Kier alpha value is -3.52. The van der Waals surface area contributed by atoms with Crippen LogP contribution in [-0.2, 0) is 21.6 Å².